The van der Waals surface area contributed by atoms with Crippen LogP contribution < -0.4 is 18.6 Å². The van der Waals surface area contributed by atoms with Crippen molar-refractivity contribution in [3.8, 4) is 17.2 Å². The van der Waals surface area contributed by atoms with Crippen LogP contribution in [0.15, 0.2) is 59.5 Å². The van der Waals surface area contributed by atoms with Crippen LogP contribution in [0.3, 0.4) is 0 Å². The molecule has 1 amide bonds. The smallest absolute Gasteiger partial charge is 0.410 e. The summed E-state index contributed by atoms with van der Waals surface area (Å²) in [5.41, 5.74) is 0.345. The van der Waals surface area contributed by atoms with Crippen molar-refractivity contribution < 1.29 is 31.6 Å². The lowest BCUT2D eigenvalue weighted by atomic mass is 9.99. The first-order valence-corrected chi connectivity index (χ1v) is 14.7. The zero-order valence-corrected chi connectivity index (χ0v) is 24.8. The summed E-state index contributed by atoms with van der Waals surface area (Å²) in [4.78, 5) is 16.2. The molecule has 1 heterocycles. The number of hydrogen-bond donors (Lipinski definition) is 0. The van der Waals surface area contributed by atoms with Gasteiger partial charge in [-0.3, -0.25) is 0 Å². The van der Waals surface area contributed by atoms with Gasteiger partial charge in [0.1, 0.15) is 27.7 Å². The van der Waals surface area contributed by atoms with Crippen LogP contribution in [0.5, 0.6) is 17.2 Å². The van der Waals surface area contributed by atoms with Gasteiger partial charge in [0.05, 0.1) is 13.7 Å². The number of amides is 1. The zero-order valence-electron chi connectivity index (χ0n) is 24.0. The Hall–Kier alpha value is -3.66. The minimum atomic E-state index is -4.18. The van der Waals surface area contributed by atoms with Gasteiger partial charge < -0.3 is 28.2 Å². The Balaban J connectivity index is 1.51. The lowest BCUT2D eigenvalue weighted by Crippen LogP contribution is -2.44. The number of rotatable bonds is 8. The fourth-order valence-electron chi connectivity index (χ4n) is 4.75. The summed E-state index contributed by atoms with van der Waals surface area (Å²) in [7, 11) is 1.13. The number of likely N-dealkylation sites (tertiary alicyclic amines) is 1. The van der Waals surface area contributed by atoms with Crippen molar-refractivity contribution in [2.45, 2.75) is 44.1 Å². The van der Waals surface area contributed by atoms with Gasteiger partial charge in [-0.2, -0.15) is 8.42 Å². The van der Waals surface area contributed by atoms with Gasteiger partial charge in [0.2, 0.25) is 0 Å². The number of carbonyl (C=O) groups is 1. The molecule has 0 N–H and O–H groups in total. The molecule has 40 heavy (non-hydrogen) atoms. The minimum Gasteiger partial charge on any atom is -0.496 e. The molecule has 0 bridgehead atoms. The number of methoxy groups -OCH3 is 1. The highest BCUT2D eigenvalue weighted by molar-refractivity contribution is 7.87. The maximum absolute atomic E-state index is 13.4. The molecule has 4 rings (SSSR count). The Labute approximate surface area is 236 Å². The Morgan fingerprint density at radius 1 is 1.00 bits per heavy atom. The summed E-state index contributed by atoms with van der Waals surface area (Å²) in [6.45, 7) is 7.05. The van der Waals surface area contributed by atoms with Crippen LogP contribution in [0.4, 0.5) is 10.5 Å². The first kappa shape index (κ1) is 29.3. The molecule has 3 aromatic carbocycles. The lowest BCUT2D eigenvalue weighted by molar-refractivity contribution is 0.0139. The van der Waals surface area contributed by atoms with Crippen LogP contribution >= 0.6 is 0 Å². The predicted octanol–water partition coefficient (Wildman–Crippen LogP) is 5.71. The molecule has 1 unspecified atom stereocenters. The van der Waals surface area contributed by atoms with Crippen LogP contribution in [0.25, 0.3) is 10.8 Å². The standard InChI is InChI=1S/C30H38N2O7S/c1-30(2,3)38-29(33)32-15-9-10-21(19-32)20-37-23-16-22(36-6)17-24(18-23)39-40(34,35)28-14-8-11-25-26(28)12-7-13-27(25)31(4)5/h7-8,11-14,16-18,21H,9-10,15,19-20H2,1-6H3. The van der Waals surface area contributed by atoms with Gasteiger partial charge in [-0.05, 0) is 45.7 Å². The molecule has 1 aliphatic rings. The molecule has 1 saturated heterocycles. The first-order valence-electron chi connectivity index (χ1n) is 13.3. The third-order valence-electron chi connectivity index (χ3n) is 6.56. The van der Waals surface area contributed by atoms with E-state index in [-0.39, 0.29) is 22.7 Å². The number of carbonyl (C=O) groups excluding carboxylic acids is 1. The summed E-state index contributed by atoms with van der Waals surface area (Å²) in [6, 6.07) is 15.4. The van der Waals surface area contributed by atoms with E-state index < -0.39 is 15.7 Å². The van der Waals surface area contributed by atoms with Gasteiger partial charge in [0.25, 0.3) is 0 Å². The normalized spacial score (nSPS) is 15.9. The van der Waals surface area contributed by atoms with Gasteiger partial charge in [0.15, 0.2) is 0 Å². The van der Waals surface area contributed by atoms with E-state index in [2.05, 4.69) is 0 Å². The highest BCUT2D eigenvalue weighted by Gasteiger charge is 2.28. The predicted molar refractivity (Wildman–Crippen MR) is 155 cm³/mol. The second kappa shape index (κ2) is 11.8. The first-order chi connectivity index (χ1) is 18.9. The average Bonchev–Trinajstić information content (AvgIpc) is 2.90. The topological polar surface area (TPSA) is 94.6 Å². The number of piperidine rings is 1. The third kappa shape index (κ3) is 7.10. The van der Waals surface area contributed by atoms with Crippen LogP contribution in [0.2, 0.25) is 0 Å². The molecular formula is C30H38N2O7S. The fraction of sp³-hybridized carbons (Fsp3) is 0.433. The van der Waals surface area contributed by atoms with Gasteiger partial charge in [0, 0.05) is 67.8 Å². The molecule has 0 aliphatic carbocycles. The lowest BCUT2D eigenvalue weighted by Gasteiger charge is -2.34. The second-order valence-corrected chi connectivity index (χ2v) is 12.7. The van der Waals surface area contributed by atoms with E-state index in [1.165, 1.54) is 25.3 Å². The fourth-order valence-corrected chi connectivity index (χ4v) is 5.88. The van der Waals surface area contributed by atoms with Crippen molar-refractivity contribution in [3.63, 3.8) is 0 Å². The summed E-state index contributed by atoms with van der Waals surface area (Å²) >= 11 is 0. The van der Waals surface area contributed by atoms with E-state index in [0.29, 0.717) is 36.6 Å². The van der Waals surface area contributed by atoms with Crippen molar-refractivity contribution in [2.24, 2.45) is 5.92 Å². The maximum atomic E-state index is 13.4. The molecule has 3 aromatic rings. The Bertz CT molecular complexity index is 1460. The van der Waals surface area contributed by atoms with Gasteiger partial charge >= 0.3 is 16.2 Å². The summed E-state index contributed by atoms with van der Waals surface area (Å²) in [5, 5.41) is 1.37. The summed E-state index contributed by atoms with van der Waals surface area (Å²) in [6.07, 6.45) is 1.42. The number of hydrogen-bond acceptors (Lipinski definition) is 8. The van der Waals surface area contributed by atoms with Gasteiger partial charge in [-0.25, -0.2) is 4.79 Å². The highest BCUT2D eigenvalue weighted by atomic mass is 32.2. The zero-order chi connectivity index (χ0) is 29.1. The molecule has 216 valence electrons. The number of nitrogens with zero attached hydrogens (tertiary/aromatic N) is 2. The largest absolute Gasteiger partial charge is 0.496 e. The van der Waals surface area contributed by atoms with Crippen LogP contribution in [0, 0.1) is 5.92 Å². The van der Waals surface area contributed by atoms with Crippen LogP contribution in [0.1, 0.15) is 33.6 Å². The Morgan fingerprint density at radius 3 is 2.38 bits per heavy atom. The molecule has 9 nitrogen and oxygen atoms in total. The molecule has 0 saturated carbocycles. The number of ether oxygens (including phenoxy) is 3. The SMILES string of the molecule is COc1cc(OCC2CCCN(C(=O)OC(C)(C)C)C2)cc(OS(=O)(=O)c2cccc3c(N(C)C)cccc23)c1. The van der Waals surface area contributed by atoms with Crippen LogP contribution in [-0.4, -0.2) is 65.9 Å². The maximum Gasteiger partial charge on any atom is 0.410 e. The molecule has 1 aliphatic heterocycles. The molecule has 10 heteroatoms. The summed E-state index contributed by atoms with van der Waals surface area (Å²) in [5.74, 6) is 0.984. The van der Waals surface area contributed by atoms with E-state index in [1.807, 2.05) is 58.0 Å². The van der Waals surface area contributed by atoms with Crippen molar-refractivity contribution in [2.75, 3.05) is 45.8 Å². The third-order valence-corrected chi connectivity index (χ3v) is 7.87. The molecule has 0 spiro atoms. The van der Waals surface area contributed by atoms with Gasteiger partial charge in [-0.15, -0.1) is 0 Å². The molecule has 0 radical (unpaired) electrons. The van der Waals surface area contributed by atoms with Crippen molar-refractivity contribution in [3.05, 3.63) is 54.6 Å². The van der Waals surface area contributed by atoms with Gasteiger partial charge in [-0.1, -0.05) is 24.3 Å². The van der Waals surface area contributed by atoms with E-state index >= 15 is 0 Å². The molecule has 1 atom stereocenters. The molecule has 0 aromatic heterocycles. The molecular weight excluding hydrogens is 532 g/mol. The van der Waals surface area contributed by atoms with E-state index in [4.69, 9.17) is 18.4 Å². The van der Waals surface area contributed by atoms with Crippen molar-refractivity contribution in [1.29, 1.82) is 0 Å². The highest BCUT2D eigenvalue weighted by Crippen LogP contribution is 2.34. The Kier molecular flexibility index (Phi) is 8.68. The number of anilines is 1. The van der Waals surface area contributed by atoms with E-state index in [0.717, 1.165) is 23.9 Å². The average molecular weight is 571 g/mol. The second-order valence-electron chi connectivity index (χ2n) is 11.2. The Morgan fingerprint density at radius 2 is 1.68 bits per heavy atom. The number of benzene rings is 3. The summed E-state index contributed by atoms with van der Waals surface area (Å²) < 4.78 is 49.4. The monoisotopic (exact) mass is 570 g/mol. The number of fused-ring (bicyclic) bond motifs is 1. The quantitative estimate of drug-likeness (QED) is 0.318. The minimum absolute atomic E-state index is 0.0726. The van der Waals surface area contributed by atoms with E-state index in [1.54, 1.807) is 23.1 Å². The molecule has 1 fully saturated rings. The van der Waals surface area contributed by atoms with E-state index in [9.17, 15) is 13.2 Å². The van der Waals surface area contributed by atoms with Crippen molar-refractivity contribution in [1.82, 2.24) is 4.90 Å². The van der Waals surface area contributed by atoms with Crippen LogP contribution in [-0.2, 0) is 14.9 Å². The van der Waals surface area contributed by atoms with Crippen molar-refractivity contribution >= 4 is 32.7 Å².